The van der Waals surface area contributed by atoms with Gasteiger partial charge in [0.15, 0.2) is 0 Å². The highest BCUT2D eigenvalue weighted by Crippen LogP contribution is 2.39. The van der Waals surface area contributed by atoms with Gasteiger partial charge in [0.2, 0.25) is 0 Å². The van der Waals surface area contributed by atoms with E-state index in [4.69, 9.17) is 0 Å². The zero-order chi connectivity index (χ0) is 15.3. The predicted molar refractivity (Wildman–Crippen MR) is 81.0 cm³/mol. The van der Waals surface area contributed by atoms with Crippen LogP contribution in [0.15, 0.2) is 42.5 Å². The number of nitrogens with zero attached hydrogens (tertiary/aromatic N) is 1. The number of carbonyl (C=O) groups excluding carboxylic acids is 1. The van der Waals surface area contributed by atoms with Crippen molar-refractivity contribution in [3.63, 3.8) is 0 Å². The smallest absolute Gasteiger partial charge is 0.336 e. The summed E-state index contributed by atoms with van der Waals surface area (Å²) in [6.07, 6.45) is 1.39. The number of carbonyl (C=O) groups is 2. The molecule has 2 aliphatic rings. The van der Waals surface area contributed by atoms with E-state index in [1.165, 1.54) is 0 Å². The number of hydrogen-bond acceptors (Lipinski definition) is 2. The first-order valence-electron chi connectivity index (χ1n) is 7.41. The molecule has 1 unspecified atom stereocenters. The number of hydrogen-bond donors (Lipinski definition) is 1. The Kier molecular flexibility index (Phi) is 2.79. The summed E-state index contributed by atoms with van der Waals surface area (Å²) in [6.45, 7) is 0.647. The fraction of sp³-hybridized carbons (Fsp3) is 0.222. The Balaban J connectivity index is 1.90. The van der Waals surface area contributed by atoms with Crippen molar-refractivity contribution in [2.75, 3.05) is 6.54 Å². The van der Waals surface area contributed by atoms with Gasteiger partial charge in [-0.05, 0) is 41.7 Å². The largest absolute Gasteiger partial charge is 0.478 e. The summed E-state index contributed by atoms with van der Waals surface area (Å²) in [7, 11) is 0. The van der Waals surface area contributed by atoms with Crippen LogP contribution in [0.4, 0.5) is 0 Å². The molecule has 0 aromatic heterocycles. The van der Waals surface area contributed by atoms with E-state index in [-0.39, 0.29) is 11.9 Å². The maximum Gasteiger partial charge on any atom is 0.336 e. The molecule has 0 fully saturated rings. The molecule has 0 bridgehead atoms. The number of fused-ring (bicyclic) bond motifs is 4. The first kappa shape index (κ1) is 13.1. The molecule has 1 amide bonds. The predicted octanol–water partition coefficient (Wildman–Crippen LogP) is 2.68. The highest BCUT2D eigenvalue weighted by molar-refractivity contribution is 5.98. The number of aromatic carboxylic acids is 1. The third-order valence-corrected chi connectivity index (χ3v) is 4.68. The van der Waals surface area contributed by atoms with Crippen molar-refractivity contribution in [3.8, 4) is 0 Å². The van der Waals surface area contributed by atoms with Gasteiger partial charge in [-0.1, -0.05) is 30.3 Å². The molecule has 1 atom stereocenters. The number of carboxylic acids is 1. The van der Waals surface area contributed by atoms with Crippen LogP contribution in [0.25, 0.3) is 0 Å². The van der Waals surface area contributed by atoms with Gasteiger partial charge >= 0.3 is 5.97 Å². The lowest BCUT2D eigenvalue weighted by atomic mass is 9.81. The molecule has 2 aromatic carbocycles. The monoisotopic (exact) mass is 293 g/mol. The van der Waals surface area contributed by atoms with Crippen molar-refractivity contribution in [3.05, 3.63) is 70.3 Å². The molecule has 110 valence electrons. The molecule has 2 aliphatic heterocycles. The molecule has 4 nitrogen and oxygen atoms in total. The van der Waals surface area contributed by atoms with E-state index in [1.807, 2.05) is 35.2 Å². The van der Waals surface area contributed by atoms with Crippen molar-refractivity contribution in [2.24, 2.45) is 0 Å². The number of rotatable bonds is 1. The summed E-state index contributed by atoms with van der Waals surface area (Å²) < 4.78 is 0. The van der Waals surface area contributed by atoms with Crippen molar-refractivity contribution in [1.29, 1.82) is 0 Å². The van der Waals surface area contributed by atoms with Gasteiger partial charge in [0.05, 0.1) is 11.6 Å². The van der Waals surface area contributed by atoms with E-state index in [0.717, 1.165) is 22.3 Å². The third-order valence-electron chi connectivity index (χ3n) is 4.68. The summed E-state index contributed by atoms with van der Waals surface area (Å²) in [5, 5.41) is 9.49. The molecule has 0 spiro atoms. The summed E-state index contributed by atoms with van der Waals surface area (Å²) in [5.41, 5.74) is 3.92. The normalized spacial score (nSPS) is 19.2. The summed E-state index contributed by atoms with van der Waals surface area (Å²) >= 11 is 0. The lowest BCUT2D eigenvalue weighted by Gasteiger charge is -2.41. The molecule has 2 aromatic rings. The highest BCUT2D eigenvalue weighted by atomic mass is 16.4. The lowest BCUT2D eigenvalue weighted by molar-refractivity contribution is 0.0611. The third kappa shape index (κ3) is 1.77. The summed E-state index contributed by atoms with van der Waals surface area (Å²) in [4.78, 5) is 26.1. The SMILES string of the molecule is O=C(O)c1cccc2c1C1Cc3ccccc3C(=O)N1CC2. The van der Waals surface area contributed by atoms with E-state index >= 15 is 0 Å². The molecule has 0 saturated heterocycles. The van der Waals surface area contributed by atoms with Crippen molar-refractivity contribution >= 4 is 11.9 Å². The van der Waals surface area contributed by atoms with Crippen LogP contribution in [-0.2, 0) is 12.8 Å². The van der Waals surface area contributed by atoms with Crippen molar-refractivity contribution in [1.82, 2.24) is 4.90 Å². The number of carboxylic acid groups (broad SMARTS) is 1. The van der Waals surface area contributed by atoms with Crippen LogP contribution in [0, 0.1) is 0 Å². The topological polar surface area (TPSA) is 57.6 Å². The van der Waals surface area contributed by atoms with Crippen molar-refractivity contribution in [2.45, 2.75) is 18.9 Å². The summed E-state index contributed by atoms with van der Waals surface area (Å²) in [6, 6.07) is 12.8. The van der Waals surface area contributed by atoms with Crippen molar-refractivity contribution < 1.29 is 14.7 Å². The molecule has 0 aliphatic carbocycles. The van der Waals surface area contributed by atoms with Crippen LogP contribution < -0.4 is 0 Å². The van der Waals surface area contributed by atoms with Gasteiger partial charge < -0.3 is 10.0 Å². The average molecular weight is 293 g/mol. The standard InChI is InChI=1S/C18H15NO3/c20-17-13-6-2-1-4-12(13)10-15-16-11(8-9-19(15)17)5-3-7-14(16)18(21)22/h1-7,15H,8-10H2,(H,21,22). The van der Waals surface area contributed by atoms with E-state index in [0.29, 0.717) is 24.9 Å². The fourth-order valence-electron chi connectivity index (χ4n) is 3.69. The molecule has 4 heteroatoms. The van der Waals surface area contributed by atoms with Gasteiger partial charge in [-0.2, -0.15) is 0 Å². The highest BCUT2D eigenvalue weighted by Gasteiger charge is 2.38. The van der Waals surface area contributed by atoms with Crippen LogP contribution in [-0.4, -0.2) is 28.4 Å². The zero-order valence-corrected chi connectivity index (χ0v) is 12.0. The number of amides is 1. The molecule has 0 saturated carbocycles. The second-order valence-corrected chi connectivity index (χ2v) is 5.81. The number of benzene rings is 2. The first-order chi connectivity index (χ1) is 10.7. The van der Waals surface area contributed by atoms with Gasteiger partial charge in [0.1, 0.15) is 0 Å². The molecule has 0 radical (unpaired) electrons. The van der Waals surface area contributed by atoms with Crippen LogP contribution in [0.5, 0.6) is 0 Å². The minimum absolute atomic E-state index is 0.0118. The van der Waals surface area contributed by atoms with E-state index in [2.05, 4.69) is 0 Å². The van der Waals surface area contributed by atoms with Gasteiger partial charge in [0, 0.05) is 12.1 Å². The van der Waals surface area contributed by atoms with Gasteiger partial charge in [-0.25, -0.2) is 4.79 Å². The van der Waals surface area contributed by atoms with Gasteiger partial charge in [-0.3, -0.25) is 4.79 Å². The van der Waals surface area contributed by atoms with Gasteiger partial charge in [0.25, 0.3) is 5.91 Å². The Morgan fingerprint density at radius 2 is 1.86 bits per heavy atom. The van der Waals surface area contributed by atoms with Crippen LogP contribution >= 0.6 is 0 Å². The first-order valence-corrected chi connectivity index (χ1v) is 7.41. The maximum atomic E-state index is 12.7. The Labute approximate surface area is 128 Å². The molecule has 1 N–H and O–H groups in total. The minimum atomic E-state index is -0.926. The van der Waals surface area contributed by atoms with Crippen LogP contribution in [0.2, 0.25) is 0 Å². The van der Waals surface area contributed by atoms with E-state index < -0.39 is 5.97 Å². The second kappa shape index (κ2) is 4.70. The lowest BCUT2D eigenvalue weighted by Crippen LogP contribution is -2.45. The Bertz CT molecular complexity index is 797. The minimum Gasteiger partial charge on any atom is -0.478 e. The molecule has 2 heterocycles. The maximum absolute atomic E-state index is 12.7. The van der Waals surface area contributed by atoms with Crippen LogP contribution in [0.3, 0.4) is 0 Å². The Morgan fingerprint density at radius 3 is 2.68 bits per heavy atom. The second-order valence-electron chi connectivity index (χ2n) is 5.81. The van der Waals surface area contributed by atoms with Gasteiger partial charge in [-0.15, -0.1) is 0 Å². The molecular formula is C18H15NO3. The summed E-state index contributed by atoms with van der Waals surface area (Å²) in [5.74, 6) is -0.914. The molecule has 22 heavy (non-hydrogen) atoms. The molecular weight excluding hydrogens is 278 g/mol. The Morgan fingerprint density at radius 1 is 1.09 bits per heavy atom. The quantitative estimate of drug-likeness (QED) is 0.879. The molecule has 4 rings (SSSR count). The fourth-order valence-corrected chi connectivity index (χ4v) is 3.69. The van der Waals surface area contributed by atoms with E-state index in [9.17, 15) is 14.7 Å². The Hall–Kier alpha value is -2.62. The average Bonchev–Trinajstić information content (AvgIpc) is 2.54. The van der Waals surface area contributed by atoms with E-state index in [1.54, 1.807) is 12.1 Å². The van der Waals surface area contributed by atoms with Crippen LogP contribution in [0.1, 0.15) is 43.4 Å². The zero-order valence-electron chi connectivity index (χ0n) is 12.0.